The maximum absolute atomic E-state index is 12.2. The van der Waals surface area contributed by atoms with Gasteiger partial charge in [0, 0.05) is 7.05 Å². The van der Waals surface area contributed by atoms with Crippen LogP contribution in [0.1, 0.15) is 21.5 Å². The van der Waals surface area contributed by atoms with Gasteiger partial charge in [0.2, 0.25) is 0 Å². The van der Waals surface area contributed by atoms with Gasteiger partial charge in [0.1, 0.15) is 18.1 Å². The lowest BCUT2D eigenvalue weighted by molar-refractivity contribution is 0.0770. The molecule has 22 heavy (non-hydrogen) atoms. The zero-order valence-electron chi connectivity index (χ0n) is 13.2. The summed E-state index contributed by atoms with van der Waals surface area (Å²) in [5, 5.41) is 9.72. The Morgan fingerprint density at radius 2 is 1.77 bits per heavy atom. The molecular weight excluding hydrogens is 278 g/mol. The minimum Gasteiger partial charge on any atom is -0.507 e. The SMILES string of the molecule is Cc1cc(C)cc(OCCN(C)C(=O)c2ccccc2O)c1. The fourth-order valence-electron chi connectivity index (χ4n) is 2.28. The summed E-state index contributed by atoms with van der Waals surface area (Å²) in [6, 6.07) is 12.6. The van der Waals surface area contributed by atoms with Crippen LogP contribution in [-0.2, 0) is 0 Å². The van der Waals surface area contributed by atoms with Crippen LogP contribution >= 0.6 is 0 Å². The number of aromatic hydroxyl groups is 1. The Kier molecular flexibility index (Phi) is 5.04. The van der Waals surface area contributed by atoms with Crippen LogP contribution in [0.4, 0.5) is 0 Å². The second kappa shape index (κ2) is 6.98. The van der Waals surface area contributed by atoms with Crippen LogP contribution in [0.25, 0.3) is 0 Å². The summed E-state index contributed by atoms with van der Waals surface area (Å²) in [5.41, 5.74) is 2.60. The van der Waals surface area contributed by atoms with Crippen molar-refractivity contribution in [3.05, 3.63) is 59.2 Å². The van der Waals surface area contributed by atoms with E-state index in [9.17, 15) is 9.90 Å². The Bertz CT molecular complexity index is 647. The van der Waals surface area contributed by atoms with Gasteiger partial charge in [0.15, 0.2) is 0 Å². The van der Waals surface area contributed by atoms with Crippen LogP contribution in [-0.4, -0.2) is 36.1 Å². The van der Waals surface area contributed by atoms with Gasteiger partial charge in [-0.05, 0) is 49.2 Å². The van der Waals surface area contributed by atoms with Crippen molar-refractivity contribution in [2.45, 2.75) is 13.8 Å². The van der Waals surface area contributed by atoms with Gasteiger partial charge in [-0.15, -0.1) is 0 Å². The largest absolute Gasteiger partial charge is 0.507 e. The number of phenols is 1. The second-order valence-corrected chi connectivity index (χ2v) is 5.42. The quantitative estimate of drug-likeness (QED) is 0.922. The molecule has 0 heterocycles. The van der Waals surface area contributed by atoms with E-state index in [0.29, 0.717) is 18.7 Å². The first-order chi connectivity index (χ1) is 10.5. The topological polar surface area (TPSA) is 49.8 Å². The number of amides is 1. The molecule has 0 aromatic heterocycles. The molecule has 0 aliphatic heterocycles. The Morgan fingerprint density at radius 3 is 2.41 bits per heavy atom. The molecule has 1 N–H and O–H groups in total. The molecule has 0 aliphatic carbocycles. The molecule has 0 aliphatic rings. The highest BCUT2D eigenvalue weighted by Crippen LogP contribution is 2.18. The normalized spacial score (nSPS) is 10.3. The Morgan fingerprint density at radius 1 is 1.14 bits per heavy atom. The Labute approximate surface area is 131 Å². The molecule has 0 atom stereocenters. The van der Waals surface area contributed by atoms with E-state index in [4.69, 9.17) is 4.74 Å². The minimum absolute atomic E-state index is 0.00502. The molecule has 0 radical (unpaired) electrons. The average molecular weight is 299 g/mol. The molecule has 0 saturated heterocycles. The number of hydrogen-bond acceptors (Lipinski definition) is 3. The highest BCUT2D eigenvalue weighted by atomic mass is 16.5. The van der Waals surface area contributed by atoms with Gasteiger partial charge in [-0.25, -0.2) is 0 Å². The minimum atomic E-state index is -0.220. The number of carbonyl (C=O) groups excluding carboxylic acids is 1. The number of rotatable bonds is 5. The van der Waals surface area contributed by atoms with Crippen LogP contribution in [0.15, 0.2) is 42.5 Å². The van der Waals surface area contributed by atoms with Crippen LogP contribution < -0.4 is 4.74 Å². The number of carbonyl (C=O) groups is 1. The number of phenolic OH excluding ortho intramolecular Hbond substituents is 1. The van der Waals surface area contributed by atoms with E-state index in [1.165, 1.54) is 11.0 Å². The third kappa shape index (κ3) is 4.01. The van der Waals surface area contributed by atoms with Crippen LogP contribution in [0, 0.1) is 13.8 Å². The zero-order valence-corrected chi connectivity index (χ0v) is 13.2. The van der Waals surface area contributed by atoms with Crippen molar-refractivity contribution in [2.75, 3.05) is 20.2 Å². The molecule has 1 amide bonds. The number of aryl methyl sites for hydroxylation is 2. The molecule has 4 nitrogen and oxygen atoms in total. The molecule has 0 spiro atoms. The summed E-state index contributed by atoms with van der Waals surface area (Å²) in [6.45, 7) is 4.89. The molecule has 2 aromatic carbocycles. The lowest BCUT2D eigenvalue weighted by atomic mass is 10.1. The van der Waals surface area contributed by atoms with E-state index in [-0.39, 0.29) is 11.7 Å². The van der Waals surface area contributed by atoms with Crippen LogP contribution in [0.3, 0.4) is 0 Å². The first-order valence-electron chi connectivity index (χ1n) is 7.22. The molecule has 116 valence electrons. The Balaban J connectivity index is 1.91. The monoisotopic (exact) mass is 299 g/mol. The van der Waals surface area contributed by atoms with Crippen molar-refractivity contribution in [1.29, 1.82) is 0 Å². The second-order valence-electron chi connectivity index (χ2n) is 5.42. The number of ether oxygens (including phenoxy) is 1. The van der Waals surface area contributed by atoms with E-state index in [1.807, 2.05) is 26.0 Å². The molecule has 2 aromatic rings. The van der Waals surface area contributed by atoms with E-state index >= 15 is 0 Å². The molecule has 0 bridgehead atoms. The highest BCUT2D eigenvalue weighted by Gasteiger charge is 2.14. The van der Waals surface area contributed by atoms with E-state index < -0.39 is 0 Å². The van der Waals surface area contributed by atoms with Gasteiger partial charge in [-0.2, -0.15) is 0 Å². The number of hydrogen-bond donors (Lipinski definition) is 1. The maximum atomic E-state index is 12.2. The number of likely N-dealkylation sites (N-methyl/N-ethyl adjacent to an activating group) is 1. The van der Waals surface area contributed by atoms with Crippen molar-refractivity contribution in [3.63, 3.8) is 0 Å². The summed E-state index contributed by atoms with van der Waals surface area (Å²) in [5.74, 6) is 0.581. The predicted molar refractivity (Wildman–Crippen MR) is 86.5 cm³/mol. The standard InChI is InChI=1S/C18H21NO3/c1-13-10-14(2)12-15(11-13)22-9-8-19(3)18(21)16-6-4-5-7-17(16)20/h4-7,10-12,20H,8-9H2,1-3H3. The first kappa shape index (κ1) is 15.9. The van der Waals surface area contributed by atoms with Crippen LogP contribution in [0.2, 0.25) is 0 Å². The zero-order chi connectivity index (χ0) is 16.1. The van der Waals surface area contributed by atoms with Crippen molar-refractivity contribution < 1.29 is 14.6 Å². The summed E-state index contributed by atoms with van der Waals surface area (Å²) >= 11 is 0. The third-order valence-electron chi connectivity index (χ3n) is 3.37. The van der Waals surface area contributed by atoms with Gasteiger partial charge in [-0.3, -0.25) is 4.79 Å². The van der Waals surface area contributed by atoms with Crippen LogP contribution in [0.5, 0.6) is 11.5 Å². The Hall–Kier alpha value is -2.49. The third-order valence-corrected chi connectivity index (χ3v) is 3.37. The predicted octanol–water partition coefficient (Wildman–Crippen LogP) is 3.16. The molecule has 4 heteroatoms. The molecule has 0 fully saturated rings. The number of benzene rings is 2. The molecular formula is C18H21NO3. The van der Waals surface area contributed by atoms with Crippen molar-refractivity contribution in [3.8, 4) is 11.5 Å². The van der Waals surface area contributed by atoms with Crippen molar-refractivity contribution in [2.24, 2.45) is 0 Å². The fraction of sp³-hybridized carbons (Fsp3) is 0.278. The maximum Gasteiger partial charge on any atom is 0.257 e. The highest BCUT2D eigenvalue weighted by molar-refractivity contribution is 5.96. The summed E-state index contributed by atoms with van der Waals surface area (Å²) < 4.78 is 5.70. The summed E-state index contributed by atoms with van der Waals surface area (Å²) in [6.07, 6.45) is 0. The van der Waals surface area contributed by atoms with E-state index in [1.54, 1.807) is 25.2 Å². The first-order valence-corrected chi connectivity index (χ1v) is 7.22. The lowest BCUT2D eigenvalue weighted by Gasteiger charge is -2.18. The molecule has 2 rings (SSSR count). The summed E-state index contributed by atoms with van der Waals surface area (Å²) in [4.78, 5) is 13.8. The lowest BCUT2D eigenvalue weighted by Crippen LogP contribution is -2.30. The fourth-order valence-corrected chi connectivity index (χ4v) is 2.28. The van der Waals surface area contributed by atoms with E-state index in [2.05, 4.69) is 6.07 Å². The summed E-state index contributed by atoms with van der Waals surface area (Å²) in [7, 11) is 1.69. The van der Waals surface area contributed by atoms with Crippen molar-refractivity contribution in [1.82, 2.24) is 4.90 Å². The molecule has 0 saturated carbocycles. The van der Waals surface area contributed by atoms with Gasteiger partial charge in [-0.1, -0.05) is 18.2 Å². The molecule has 0 unspecified atom stereocenters. The van der Waals surface area contributed by atoms with Gasteiger partial charge in [0.25, 0.3) is 5.91 Å². The van der Waals surface area contributed by atoms with Gasteiger partial charge in [0.05, 0.1) is 12.1 Å². The number of nitrogens with zero attached hydrogens (tertiary/aromatic N) is 1. The van der Waals surface area contributed by atoms with E-state index in [0.717, 1.165) is 16.9 Å². The average Bonchev–Trinajstić information content (AvgIpc) is 2.46. The smallest absolute Gasteiger partial charge is 0.257 e. The van der Waals surface area contributed by atoms with Gasteiger partial charge < -0.3 is 14.7 Å². The number of para-hydroxylation sites is 1. The van der Waals surface area contributed by atoms with Gasteiger partial charge >= 0.3 is 0 Å². The van der Waals surface area contributed by atoms with Crippen molar-refractivity contribution >= 4 is 5.91 Å².